The molecule has 0 aromatic rings. The molecule has 2 saturated heterocycles. The van der Waals surface area contributed by atoms with Crippen molar-refractivity contribution in [3.8, 4) is 0 Å². The average Bonchev–Trinajstić information content (AvgIpc) is 2.66. The Morgan fingerprint density at radius 1 is 1.15 bits per heavy atom. The summed E-state index contributed by atoms with van der Waals surface area (Å²) < 4.78 is 5.77. The first-order valence-corrected chi connectivity index (χ1v) is 10.7. The van der Waals surface area contributed by atoms with Gasteiger partial charge in [-0.1, -0.05) is 13.8 Å². The maximum absolute atomic E-state index is 13.0. The van der Waals surface area contributed by atoms with Crippen molar-refractivity contribution >= 4 is 5.91 Å². The van der Waals surface area contributed by atoms with Gasteiger partial charge in [0.15, 0.2) is 0 Å². The zero-order valence-corrected chi connectivity index (χ0v) is 17.0. The third-order valence-electron chi connectivity index (χ3n) is 5.63. The van der Waals surface area contributed by atoms with Crippen molar-refractivity contribution in [2.24, 2.45) is 5.92 Å². The van der Waals surface area contributed by atoms with E-state index in [0.29, 0.717) is 25.1 Å². The van der Waals surface area contributed by atoms with E-state index in [0.717, 1.165) is 77.6 Å². The molecule has 0 radical (unpaired) electrons. The Hall–Kier alpha value is -0.690. The second kappa shape index (κ2) is 12.7. The van der Waals surface area contributed by atoms with Gasteiger partial charge in [-0.05, 0) is 70.7 Å². The average molecular weight is 369 g/mol. The molecule has 152 valence electrons. The summed E-state index contributed by atoms with van der Waals surface area (Å²) in [7, 11) is 0. The maximum atomic E-state index is 13.0. The molecule has 0 saturated carbocycles. The zero-order valence-electron chi connectivity index (χ0n) is 17.0. The Morgan fingerprint density at radius 3 is 2.58 bits per heavy atom. The van der Waals surface area contributed by atoms with Crippen LogP contribution in [0.5, 0.6) is 0 Å². The molecule has 0 bridgehead atoms. The minimum absolute atomic E-state index is 0.291. The first kappa shape index (κ1) is 21.6. The summed E-state index contributed by atoms with van der Waals surface area (Å²) in [5, 5.41) is 6.75. The van der Waals surface area contributed by atoms with Crippen LogP contribution < -0.4 is 10.6 Å². The van der Waals surface area contributed by atoms with E-state index in [1.54, 1.807) is 0 Å². The summed E-state index contributed by atoms with van der Waals surface area (Å²) >= 11 is 0. The number of likely N-dealkylation sites (tertiary alicyclic amines) is 1. The number of ether oxygens (including phenoxy) is 1. The van der Waals surface area contributed by atoms with Gasteiger partial charge in [0, 0.05) is 19.1 Å². The van der Waals surface area contributed by atoms with Crippen LogP contribution in [0, 0.1) is 5.92 Å². The summed E-state index contributed by atoms with van der Waals surface area (Å²) in [6.07, 6.45) is 5.69. The highest BCUT2D eigenvalue weighted by Gasteiger charge is 2.27. The van der Waals surface area contributed by atoms with Crippen LogP contribution in [0.15, 0.2) is 0 Å². The van der Waals surface area contributed by atoms with E-state index in [9.17, 15) is 4.79 Å². The monoisotopic (exact) mass is 368 g/mol. The summed E-state index contributed by atoms with van der Waals surface area (Å²) in [5.74, 6) is 1.09. The number of piperidine rings is 2. The van der Waals surface area contributed by atoms with Crippen LogP contribution in [0.2, 0.25) is 0 Å². The lowest BCUT2D eigenvalue weighted by atomic mass is 9.99. The molecule has 0 spiro atoms. The number of carbonyl (C=O) groups is 1. The van der Waals surface area contributed by atoms with E-state index < -0.39 is 0 Å². The second-order valence-electron chi connectivity index (χ2n) is 7.89. The number of carbonyl (C=O) groups excluding carboxylic acids is 1. The highest BCUT2D eigenvalue weighted by molar-refractivity contribution is 5.78. The summed E-state index contributed by atoms with van der Waals surface area (Å²) in [5.41, 5.74) is 0. The normalized spacial score (nSPS) is 20.4. The highest BCUT2D eigenvalue weighted by Crippen LogP contribution is 2.17. The Labute approximate surface area is 160 Å². The second-order valence-corrected chi connectivity index (χ2v) is 7.89. The third kappa shape index (κ3) is 7.91. The summed E-state index contributed by atoms with van der Waals surface area (Å²) in [6, 6.07) is 0.370. The van der Waals surface area contributed by atoms with Gasteiger partial charge in [0.2, 0.25) is 5.91 Å². The van der Waals surface area contributed by atoms with E-state index in [-0.39, 0.29) is 0 Å². The topological polar surface area (TPSA) is 56.8 Å². The van der Waals surface area contributed by atoms with Crippen LogP contribution in [-0.2, 0) is 9.53 Å². The quantitative estimate of drug-likeness (QED) is 0.539. The molecule has 2 fully saturated rings. The first-order chi connectivity index (χ1) is 12.7. The lowest BCUT2D eigenvalue weighted by Crippen LogP contribution is -2.51. The molecule has 0 aromatic carbocycles. The fraction of sp³-hybridized carbons (Fsp3) is 0.950. The minimum Gasteiger partial charge on any atom is -0.378 e. The van der Waals surface area contributed by atoms with E-state index in [1.165, 1.54) is 12.8 Å². The molecule has 2 rings (SSSR count). The molecule has 6 heteroatoms. The predicted molar refractivity (Wildman–Crippen MR) is 106 cm³/mol. The fourth-order valence-electron chi connectivity index (χ4n) is 3.84. The lowest BCUT2D eigenvalue weighted by Gasteiger charge is -2.37. The van der Waals surface area contributed by atoms with Gasteiger partial charge in [-0.3, -0.25) is 9.69 Å². The Kier molecular flexibility index (Phi) is 10.5. The SMILES string of the molecule is CCCNCCOCCN(C(=O)CN1CCC(C)CC1)C1CCNCC1. The van der Waals surface area contributed by atoms with Crippen molar-refractivity contribution in [1.82, 2.24) is 20.4 Å². The first-order valence-electron chi connectivity index (χ1n) is 10.7. The van der Waals surface area contributed by atoms with Gasteiger partial charge in [0.25, 0.3) is 0 Å². The molecule has 0 aromatic heterocycles. The summed E-state index contributed by atoms with van der Waals surface area (Å²) in [6.45, 7) is 13.2. The lowest BCUT2D eigenvalue weighted by molar-refractivity contribution is -0.136. The number of nitrogens with zero attached hydrogens (tertiary/aromatic N) is 2. The van der Waals surface area contributed by atoms with Crippen LogP contribution in [0.25, 0.3) is 0 Å². The molecular formula is C20H40N4O2. The third-order valence-corrected chi connectivity index (χ3v) is 5.63. The number of nitrogens with one attached hydrogen (secondary N) is 2. The summed E-state index contributed by atoms with van der Waals surface area (Å²) in [4.78, 5) is 17.4. The largest absolute Gasteiger partial charge is 0.378 e. The molecule has 6 nitrogen and oxygen atoms in total. The van der Waals surface area contributed by atoms with Gasteiger partial charge in [-0.25, -0.2) is 0 Å². The Morgan fingerprint density at radius 2 is 1.88 bits per heavy atom. The highest BCUT2D eigenvalue weighted by atomic mass is 16.5. The van der Waals surface area contributed by atoms with Crippen molar-refractivity contribution < 1.29 is 9.53 Å². The molecular weight excluding hydrogens is 328 g/mol. The molecule has 2 aliphatic rings. The molecule has 2 aliphatic heterocycles. The van der Waals surface area contributed by atoms with Crippen molar-refractivity contribution in [3.05, 3.63) is 0 Å². The van der Waals surface area contributed by atoms with Crippen molar-refractivity contribution in [2.45, 2.75) is 52.0 Å². The number of hydrogen-bond donors (Lipinski definition) is 2. The minimum atomic E-state index is 0.291. The Bertz CT molecular complexity index is 380. The van der Waals surface area contributed by atoms with E-state index in [1.807, 2.05) is 0 Å². The molecule has 26 heavy (non-hydrogen) atoms. The van der Waals surface area contributed by atoms with Crippen molar-refractivity contribution in [2.75, 3.05) is 65.6 Å². The zero-order chi connectivity index (χ0) is 18.6. The van der Waals surface area contributed by atoms with Gasteiger partial charge >= 0.3 is 0 Å². The molecule has 1 amide bonds. The molecule has 0 aliphatic carbocycles. The van der Waals surface area contributed by atoms with Gasteiger partial charge in [-0.2, -0.15) is 0 Å². The van der Waals surface area contributed by atoms with Crippen molar-refractivity contribution in [3.63, 3.8) is 0 Å². The fourth-order valence-corrected chi connectivity index (χ4v) is 3.84. The predicted octanol–water partition coefficient (Wildman–Crippen LogP) is 1.32. The molecule has 0 atom stereocenters. The van der Waals surface area contributed by atoms with Gasteiger partial charge in [0.1, 0.15) is 0 Å². The molecule has 2 heterocycles. The van der Waals surface area contributed by atoms with Gasteiger partial charge in [-0.15, -0.1) is 0 Å². The van der Waals surface area contributed by atoms with Crippen LogP contribution in [-0.4, -0.2) is 87.3 Å². The van der Waals surface area contributed by atoms with Crippen LogP contribution in [0.4, 0.5) is 0 Å². The Balaban J connectivity index is 1.75. The van der Waals surface area contributed by atoms with E-state index in [4.69, 9.17) is 4.74 Å². The van der Waals surface area contributed by atoms with Crippen LogP contribution in [0.3, 0.4) is 0 Å². The number of hydrogen-bond acceptors (Lipinski definition) is 5. The van der Waals surface area contributed by atoms with E-state index >= 15 is 0 Å². The molecule has 0 unspecified atom stereocenters. The van der Waals surface area contributed by atoms with Gasteiger partial charge in [0.05, 0.1) is 19.8 Å². The van der Waals surface area contributed by atoms with Crippen molar-refractivity contribution in [1.29, 1.82) is 0 Å². The van der Waals surface area contributed by atoms with Crippen LogP contribution >= 0.6 is 0 Å². The number of rotatable bonds is 11. The standard InChI is InChI=1S/C20H40N4O2/c1-3-8-21-11-15-26-16-14-24(19-4-9-22-10-5-19)20(25)17-23-12-6-18(2)7-13-23/h18-19,21-22H,3-17H2,1-2H3. The van der Waals surface area contributed by atoms with Crippen LogP contribution in [0.1, 0.15) is 46.0 Å². The maximum Gasteiger partial charge on any atom is 0.237 e. The molecule has 2 N–H and O–H groups in total. The van der Waals surface area contributed by atoms with Gasteiger partial charge < -0.3 is 20.3 Å². The smallest absolute Gasteiger partial charge is 0.237 e. The number of amides is 1. The van der Waals surface area contributed by atoms with E-state index in [2.05, 4.69) is 34.3 Å².